The Labute approximate surface area is 168 Å². The van der Waals surface area contributed by atoms with Crippen molar-refractivity contribution in [2.45, 2.75) is 46.4 Å². The molecule has 1 aromatic heterocycles. The number of rotatable bonds is 5. The Balaban J connectivity index is 2.39. The number of carbonyl (C=O) groups is 2. The number of fused-ring (bicyclic) bond motifs is 1. The first-order valence-electron chi connectivity index (χ1n) is 8.45. The Kier molecular flexibility index (Phi) is 6.59. The smallest absolute Gasteiger partial charge is 0.410 e. The summed E-state index contributed by atoms with van der Waals surface area (Å²) in [5.41, 5.74) is 0.587. The van der Waals surface area contributed by atoms with Crippen molar-refractivity contribution in [3.63, 3.8) is 0 Å². The van der Waals surface area contributed by atoms with E-state index in [2.05, 4.69) is 4.98 Å². The summed E-state index contributed by atoms with van der Waals surface area (Å²) in [7, 11) is 1.60. The Bertz CT molecular complexity index is 858. The lowest BCUT2D eigenvalue weighted by Gasteiger charge is -2.24. The second-order valence-corrected chi connectivity index (χ2v) is 7.83. The van der Waals surface area contributed by atoms with E-state index in [1.807, 2.05) is 0 Å². The minimum atomic E-state index is -0.614. The first kappa shape index (κ1) is 21.3. The molecule has 1 amide bonds. The maximum atomic E-state index is 12.3. The number of carbonyl (C=O) groups excluding carboxylic acids is 2. The molecule has 0 spiro atoms. The van der Waals surface area contributed by atoms with Crippen LogP contribution in [0.2, 0.25) is 10.0 Å². The number of imidazole rings is 1. The Morgan fingerprint density at radius 3 is 2.44 bits per heavy atom. The molecule has 0 saturated heterocycles. The largest absolute Gasteiger partial charge is 0.465 e. The monoisotopic (exact) mass is 415 g/mol. The third kappa shape index (κ3) is 5.49. The van der Waals surface area contributed by atoms with Crippen LogP contribution < -0.4 is 0 Å². The summed E-state index contributed by atoms with van der Waals surface area (Å²) in [6.45, 7) is 7.46. The van der Waals surface area contributed by atoms with Gasteiger partial charge in [-0.15, -0.1) is 0 Å². The average Bonchev–Trinajstić information content (AvgIpc) is 2.83. The average molecular weight is 416 g/mol. The van der Waals surface area contributed by atoms with Gasteiger partial charge in [0.25, 0.3) is 0 Å². The van der Waals surface area contributed by atoms with E-state index in [-0.39, 0.29) is 19.7 Å². The Morgan fingerprint density at radius 1 is 1.22 bits per heavy atom. The van der Waals surface area contributed by atoms with Gasteiger partial charge in [0.1, 0.15) is 18.0 Å². The van der Waals surface area contributed by atoms with Crippen LogP contribution in [0.3, 0.4) is 0 Å². The number of hydrogen-bond acceptors (Lipinski definition) is 5. The van der Waals surface area contributed by atoms with Crippen LogP contribution in [0, 0.1) is 0 Å². The van der Waals surface area contributed by atoms with Crippen molar-refractivity contribution < 1.29 is 19.1 Å². The number of ether oxygens (including phenoxy) is 2. The highest BCUT2D eigenvalue weighted by molar-refractivity contribution is 6.42. The molecule has 0 unspecified atom stereocenters. The fraction of sp³-hybridized carbons (Fsp3) is 0.500. The van der Waals surface area contributed by atoms with Crippen LogP contribution in [-0.4, -0.2) is 45.8 Å². The minimum Gasteiger partial charge on any atom is -0.465 e. The molecule has 7 nitrogen and oxygen atoms in total. The maximum absolute atomic E-state index is 12.3. The van der Waals surface area contributed by atoms with Gasteiger partial charge in [0.2, 0.25) is 0 Å². The summed E-state index contributed by atoms with van der Waals surface area (Å²) < 4.78 is 12.1. The molecule has 0 aliphatic rings. The van der Waals surface area contributed by atoms with E-state index in [4.69, 9.17) is 32.7 Å². The molecule has 0 radical (unpaired) electrons. The number of hydrogen-bond donors (Lipinski definition) is 0. The predicted molar refractivity (Wildman–Crippen MR) is 104 cm³/mol. The molecule has 2 aromatic rings. The number of esters is 1. The van der Waals surface area contributed by atoms with Crippen molar-refractivity contribution in [2.75, 3.05) is 13.7 Å². The van der Waals surface area contributed by atoms with Crippen LogP contribution in [0.1, 0.15) is 33.5 Å². The second kappa shape index (κ2) is 8.35. The highest BCUT2D eigenvalue weighted by Crippen LogP contribution is 2.29. The molecule has 2 rings (SSSR count). The Hall–Kier alpha value is -1.99. The second-order valence-electron chi connectivity index (χ2n) is 7.01. The van der Waals surface area contributed by atoms with Gasteiger partial charge < -0.3 is 18.9 Å². The molecule has 148 valence electrons. The maximum Gasteiger partial charge on any atom is 0.410 e. The zero-order chi connectivity index (χ0) is 20.4. The standard InChI is InChI=1S/C18H23Cl2N3O4/c1-6-26-16(24)10-23-14-8-12(20)11(19)7-13(14)21-15(23)9-22(5)17(25)27-18(2,3)4/h7-8H,6,9-10H2,1-5H3. The molecule has 27 heavy (non-hydrogen) atoms. The summed E-state index contributed by atoms with van der Waals surface area (Å²) in [4.78, 5) is 30.2. The first-order chi connectivity index (χ1) is 12.5. The van der Waals surface area contributed by atoms with Crippen LogP contribution in [-0.2, 0) is 27.4 Å². The highest BCUT2D eigenvalue weighted by atomic mass is 35.5. The van der Waals surface area contributed by atoms with Gasteiger partial charge in [-0.25, -0.2) is 9.78 Å². The fourth-order valence-electron chi connectivity index (χ4n) is 2.42. The van der Waals surface area contributed by atoms with Crippen LogP contribution in [0.5, 0.6) is 0 Å². The number of benzene rings is 1. The lowest BCUT2D eigenvalue weighted by atomic mass is 10.2. The van der Waals surface area contributed by atoms with E-state index in [1.165, 1.54) is 4.90 Å². The van der Waals surface area contributed by atoms with E-state index < -0.39 is 17.7 Å². The van der Waals surface area contributed by atoms with Crippen molar-refractivity contribution in [2.24, 2.45) is 0 Å². The molecule has 0 atom stereocenters. The van der Waals surface area contributed by atoms with Gasteiger partial charge >= 0.3 is 12.1 Å². The molecule has 0 saturated carbocycles. The van der Waals surface area contributed by atoms with Gasteiger partial charge in [0.15, 0.2) is 0 Å². The molecule has 0 aliphatic carbocycles. The van der Waals surface area contributed by atoms with Crippen molar-refractivity contribution in [3.05, 3.63) is 28.0 Å². The summed E-state index contributed by atoms with van der Waals surface area (Å²) >= 11 is 12.2. The van der Waals surface area contributed by atoms with Gasteiger partial charge in [-0.1, -0.05) is 23.2 Å². The zero-order valence-electron chi connectivity index (χ0n) is 16.0. The van der Waals surface area contributed by atoms with Gasteiger partial charge in [-0.2, -0.15) is 0 Å². The lowest BCUT2D eigenvalue weighted by Crippen LogP contribution is -2.34. The van der Waals surface area contributed by atoms with E-state index in [0.717, 1.165) is 0 Å². The SMILES string of the molecule is CCOC(=O)Cn1c(CN(C)C(=O)OC(C)(C)C)nc2cc(Cl)c(Cl)cc21. The molecule has 0 aliphatic heterocycles. The number of aromatic nitrogens is 2. The summed E-state index contributed by atoms with van der Waals surface area (Å²) in [5, 5.41) is 0.707. The number of halogens is 2. The third-order valence-corrected chi connectivity index (χ3v) is 4.27. The van der Waals surface area contributed by atoms with Gasteiger partial charge in [0, 0.05) is 7.05 Å². The van der Waals surface area contributed by atoms with Crippen LogP contribution >= 0.6 is 23.2 Å². The van der Waals surface area contributed by atoms with E-state index in [1.54, 1.807) is 51.4 Å². The first-order valence-corrected chi connectivity index (χ1v) is 9.21. The fourth-order valence-corrected chi connectivity index (χ4v) is 2.74. The van der Waals surface area contributed by atoms with Crippen LogP contribution in [0.4, 0.5) is 4.79 Å². The Morgan fingerprint density at radius 2 is 1.85 bits per heavy atom. The quantitative estimate of drug-likeness (QED) is 0.681. The van der Waals surface area contributed by atoms with Crippen molar-refractivity contribution in [1.82, 2.24) is 14.5 Å². The topological polar surface area (TPSA) is 73.7 Å². The van der Waals surface area contributed by atoms with E-state index in [9.17, 15) is 9.59 Å². The zero-order valence-corrected chi connectivity index (χ0v) is 17.5. The highest BCUT2D eigenvalue weighted by Gasteiger charge is 2.23. The molecule has 0 fully saturated rings. The van der Waals surface area contributed by atoms with Crippen molar-refractivity contribution >= 4 is 46.3 Å². The van der Waals surface area contributed by atoms with Crippen LogP contribution in [0.25, 0.3) is 11.0 Å². The van der Waals surface area contributed by atoms with Gasteiger partial charge in [-0.05, 0) is 39.8 Å². The molecule has 1 aromatic carbocycles. The number of nitrogens with zero attached hydrogens (tertiary/aromatic N) is 3. The molecule has 0 bridgehead atoms. The molecular weight excluding hydrogens is 393 g/mol. The number of amides is 1. The lowest BCUT2D eigenvalue weighted by molar-refractivity contribution is -0.143. The molecule has 1 heterocycles. The minimum absolute atomic E-state index is 0.0558. The van der Waals surface area contributed by atoms with E-state index >= 15 is 0 Å². The molecule has 0 N–H and O–H groups in total. The summed E-state index contributed by atoms with van der Waals surface area (Å²) in [6.07, 6.45) is -0.492. The third-order valence-electron chi connectivity index (χ3n) is 3.55. The van der Waals surface area contributed by atoms with E-state index in [0.29, 0.717) is 26.9 Å². The predicted octanol–water partition coefficient (Wildman–Crippen LogP) is 4.27. The summed E-state index contributed by atoms with van der Waals surface area (Å²) in [5.74, 6) is 0.0776. The van der Waals surface area contributed by atoms with Crippen LogP contribution in [0.15, 0.2) is 12.1 Å². The molecular formula is C18H23Cl2N3O4. The normalized spacial score (nSPS) is 11.5. The van der Waals surface area contributed by atoms with Gasteiger partial charge in [0.05, 0.1) is 34.2 Å². The van der Waals surface area contributed by atoms with Crippen molar-refractivity contribution in [1.29, 1.82) is 0 Å². The molecule has 9 heteroatoms. The van der Waals surface area contributed by atoms with Crippen molar-refractivity contribution in [3.8, 4) is 0 Å². The summed E-state index contributed by atoms with van der Waals surface area (Å²) in [6, 6.07) is 3.26. The van der Waals surface area contributed by atoms with Gasteiger partial charge in [-0.3, -0.25) is 4.79 Å².